The maximum atomic E-state index is 12.9. The average Bonchev–Trinajstić information content (AvgIpc) is 3.18. The van der Waals surface area contributed by atoms with Crippen molar-refractivity contribution >= 4 is 17.5 Å². The number of piperazine rings is 1. The van der Waals surface area contributed by atoms with E-state index in [1.807, 2.05) is 6.07 Å². The van der Waals surface area contributed by atoms with Crippen LogP contribution in [0.4, 0.5) is 13.2 Å². The van der Waals surface area contributed by atoms with Gasteiger partial charge in [0.15, 0.2) is 5.69 Å². The summed E-state index contributed by atoms with van der Waals surface area (Å²) in [5, 5.41) is 5.96. The molecule has 0 saturated carbocycles. The second-order valence-corrected chi connectivity index (χ2v) is 7.53. The number of likely N-dealkylation sites (N-methyl/N-ethyl adjacent to an activating group) is 1. The number of hydrogen-bond acceptors (Lipinski definition) is 4. The number of rotatable bonds is 6. The van der Waals surface area contributed by atoms with Crippen molar-refractivity contribution in [2.45, 2.75) is 12.7 Å². The molecule has 2 heterocycles. The highest BCUT2D eigenvalue weighted by Crippen LogP contribution is 2.28. The Morgan fingerprint density at radius 2 is 1.93 bits per heavy atom. The summed E-state index contributed by atoms with van der Waals surface area (Å²) in [4.78, 5) is 18.9. The van der Waals surface area contributed by atoms with Crippen molar-refractivity contribution in [1.29, 1.82) is 0 Å². The lowest BCUT2D eigenvalue weighted by Crippen LogP contribution is -2.47. The predicted molar refractivity (Wildman–Crippen MR) is 104 cm³/mol. The molecule has 1 N–H and O–H groups in total. The Kier molecular flexibility index (Phi) is 6.81. The third-order valence-corrected chi connectivity index (χ3v) is 5.36. The van der Waals surface area contributed by atoms with Crippen molar-refractivity contribution in [3.63, 3.8) is 0 Å². The monoisotopic (exact) mass is 429 g/mol. The van der Waals surface area contributed by atoms with E-state index >= 15 is 0 Å². The first-order valence-electron chi connectivity index (χ1n) is 9.30. The highest BCUT2D eigenvalue weighted by atomic mass is 35.5. The number of nitrogens with zero attached hydrogens (tertiary/aromatic N) is 4. The minimum atomic E-state index is -4.61. The smallest absolute Gasteiger partial charge is 0.332 e. The summed E-state index contributed by atoms with van der Waals surface area (Å²) in [6, 6.07) is 7.86. The van der Waals surface area contributed by atoms with E-state index in [1.165, 1.54) is 4.90 Å². The summed E-state index contributed by atoms with van der Waals surface area (Å²) in [5.41, 5.74) is -0.572. The van der Waals surface area contributed by atoms with Crippen LogP contribution >= 0.6 is 11.6 Å². The standard InChI is InChI=1S/C19H23ClF3N5O/c1-26-6-8-27(9-7-26)10-11-28(13-14-4-2-3-5-15(14)20)18(29)16-12-17(25-24-16)19(21,22)23/h2-5,12H,6-11,13H2,1H3,(H,24,25). The number of H-pyrrole nitrogens is 1. The average molecular weight is 430 g/mol. The van der Waals surface area contributed by atoms with Crippen molar-refractivity contribution in [3.05, 3.63) is 52.3 Å². The third-order valence-electron chi connectivity index (χ3n) is 4.99. The van der Waals surface area contributed by atoms with Gasteiger partial charge < -0.3 is 9.80 Å². The number of aromatic nitrogens is 2. The maximum absolute atomic E-state index is 12.9. The van der Waals surface area contributed by atoms with Gasteiger partial charge in [0.1, 0.15) is 5.69 Å². The van der Waals surface area contributed by atoms with Gasteiger partial charge in [0.2, 0.25) is 0 Å². The van der Waals surface area contributed by atoms with Gasteiger partial charge in [0, 0.05) is 56.9 Å². The van der Waals surface area contributed by atoms with E-state index in [0.29, 0.717) is 18.1 Å². The summed E-state index contributed by atoms with van der Waals surface area (Å²) < 4.78 is 38.6. The normalized spacial score (nSPS) is 16.2. The summed E-state index contributed by atoms with van der Waals surface area (Å²) in [6.45, 7) is 4.84. The van der Waals surface area contributed by atoms with Crippen LogP contribution in [-0.4, -0.2) is 77.1 Å². The van der Waals surface area contributed by atoms with Crippen LogP contribution in [0, 0.1) is 0 Å². The number of carbonyl (C=O) groups is 1. The molecule has 0 aliphatic carbocycles. The molecule has 29 heavy (non-hydrogen) atoms. The van der Waals surface area contributed by atoms with Gasteiger partial charge in [-0.25, -0.2) is 0 Å². The minimum absolute atomic E-state index is 0.192. The van der Waals surface area contributed by atoms with Crippen molar-refractivity contribution in [2.24, 2.45) is 0 Å². The molecule has 1 aromatic carbocycles. The van der Waals surface area contributed by atoms with Gasteiger partial charge in [0.25, 0.3) is 5.91 Å². The second-order valence-electron chi connectivity index (χ2n) is 7.13. The Morgan fingerprint density at radius 1 is 1.24 bits per heavy atom. The molecule has 0 radical (unpaired) electrons. The Balaban J connectivity index is 1.75. The number of benzene rings is 1. The van der Waals surface area contributed by atoms with Gasteiger partial charge in [-0.3, -0.25) is 14.8 Å². The lowest BCUT2D eigenvalue weighted by molar-refractivity contribution is -0.141. The number of amides is 1. The van der Waals surface area contributed by atoms with Gasteiger partial charge in [-0.1, -0.05) is 29.8 Å². The molecule has 0 bridgehead atoms. The fourth-order valence-electron chi connectivity index (χ4n) is 3.17. The van der Waals surface area contributed by atoms with E-state index < -0.39 is 17.8 Å². The van der Waals surface area contributed by atoms with Crippen LogP contribution in [-0.2, 0) is 12.7 Å². The molecule has 1 aromatic heterocycles. The van der Waals surface area contributed by atoms with Gasteiger partial charge >= 0.3 is 6.18 Å². The lowest BCUT2D eigenvalue weighted by Gasteiger charge is -2.34. The summed E-state index contributed by atoms with van der Waals surface area (Å²) >= 11 is 6.23. The fourth-order valence-corrected chi connectivity index (χ4v) is 3.36. The molecule has 6 nitrogen and oxygen atoms in total. The van der Waals surface area contributed by atoms with E-state index in [-0.39, 0.29) is 12.2 Å². The lowest BCUT2D eigenvalue weighted by atomic mass is 10.2. The summed E-state index contributed by atoms with van der Waals surface area (Å²) in [5.74, 6) is -0.540. The van der Waals surface area contributed by atoms with E-state index in [2.05, 4.69) is 27.0 Å². The van der Waals surface area contributed by atoms with Crippen LogP contribution in [0.5, 0.6) is 0 Å². The fraction of sp³-hybridized carbons (Fsp3) is 0.474. The van der Waals surface area contributed by atoms with Gasteiger partial charge in [0.05, 0.1) is 0 Å². The highest BCUT2D eigenvalue weighted by Gasteiger charge is 2.35. The predicted octanol–water partition coefficient (Wildman–Crippen LogP) is 2.97. The first-order valence-corrected chi connectivity index (χ1v) is 9.68. The van der Waals surface area contributed by atoms with Crippen molar-refractivity contribution < 1.29 is 18.0 Å². The van der Waals surface area contributed by atoms with E-state index in [0.717, 1.165) is 37.8 Å². The van der Waals surface area contributed by atoms with Crippen LogP contribution in [0.15, 0.2) is 30.3 Å². The van der Waals surface area contributed by atoms with Crippen LogP contribution in [0.3, 0.4) is 0 Å². The van der Waals surface area contributed by atoms with Crippen LogP contribution in [0.2, 0.25) is 5.02 Å². The number of hydrogen-bond donors (Lipinski definition) is 1. The topological polar surface area (TPSA) is 55.5 Å². The first-order chi connectivity index (χ1) is 13.7. The third kappa shape index (κ3) is 5.71. The maximum Gasteiger partial charge on any atom is 0.435 e. The van der Waals surface area contributed by atoms with E-state index in [9.17, 15) is 18.0 Å². The quantitative estimate of drug-likeness (QED) is 0.767. The molecular formula is C19H23ClF3N5O. The molecule has 1 amide bonds. The van der Waals surface area contributed by atoms with Crippen LogP contribution < -0.4 is 0 Å². The number of halogens is 4. The Hall–Kier alpha value is -2.10. The van der Waals surface area contributed by atoms with Gasteiger partial charge in [-0.15, -0.1) is 0 Å². The van der Waals surface area contributed by atoms with E-state index in [1.54, 1.807) is 18.2 Å². The molecule has 158 valence electrons. The van der Waals surface area contributed by atoms with Gasteiger partial charge in [-0.05, 0) is 18.7 Å². The molecule has 0 spiro atoms. The number of aromatic amines is 1. The number of carbonyl (C=O) groups excluding carboxylic acids is 1. The molecule has 3 rings (SSSR count). The van der Waals surface area contributed by atoms with Crippen molar-refractivity contribution in [3.8, 4) is 0 Å². The molecule has 10 heteroatoms. The van der Waals surface area contributed by atoms with Gasteiger partial charge in [-0.2, -0.15) is 18.3 Å². The number of alkyl halides is 3. The minimum Gasteiger partial charge on any atom is -0.332 e. The van der Waals surface area contributed by atoms with Crippen LogP contribution in [0.1, 0.15) is 21.7 Å². The molecular weight excluding hydrogens is 407 g/mol. The Bertz CT molecular complexity index is 833. The Morgan fingerprint density at radius 3 is 2.55 bits per heavy atom. The Labute approximate surface area is 172 Å². The molecule has 0 unspecified atom stereocenters. The first kappa shape index (κ1) is 21.6. The molecule has 1 fully saturated rings. The zero-order valence-corrected chi connectivity index (χ0v) is 16.8. The largest absolute Gasteiger partial charge is 0.435 e. The zero-order valence-electron chi connectivity index (χ0n) is 16.0. The second kappa shape index (κ2) is 9.15. The molecule has 1 saturated heterocycles. The molecule has 0 atom stereocenters. The summed E-state index contributed by atoms with van der Waals surface area (Å²) in [7, 11) is 2.06. The molecule has 1 aliphatic rings. The molecule has 2 aromatic rings. The number of nitrogens with one attached hydrogen (secondary N) is 1. The van der Waals surface area contributed by atoms with Crippen LogP contribution in [0.25, 0.3) is 0 Å². The van der Waals surface area contributed by atoms with Crippen molar-refractivity contribution in [1.82, 2.24) is 24.9 Å². The SMILES string of the molecule is CN1CCN(CCN(Cc2ccccc2Cl)C(=O)c2cc(C(F)(F)F)n[nH]2)CC1. The zero-order chi connectivity index (χ0) is 21.0. The molecule has 1 aliphatic heterocycles. The summed E-state index contributed by atoms with van der Waals surface area (Å²) in [6.07, 6.45) is -4.61. The van der Waals surface area contributed by atoms with E-state index in [4.69, 9.17) is 11.6 Å². The highest BCUT2D eigenvalue weighted by molar-refractivity contribution is 6.31. The van der Waals surface area contributed by atoms with Crippen molar-refractivity contribution in [2.75, 3.05) is 46.3 Å².